The van der Waals surface area contributed by atoms with E-state index < -0.39 is 32.3 Å². The van der Waals surface area contributed by atoms with Gasteiger partial charge in [0.2, 0.25) is 0 Å². The molecular weight excluding hydrogens is 320 g/mol. The molecule has 0 bridgehead atoms. The Morgan fingerprint density at radius 2 is 1.10 bits per heavy atom. The van der Waals surface area contributed by atoms with E-state index in [1.807, 2.05) is 0 Å². The Hall–Kier alpha value is -0.00779. The molecule has 0 aliphatic carbocycles. The number of halogens is 3. The number of allylic oxidation sites excluding steroid dienone is 1. The van der Waals surface area contributed by atoms with Gasteiger partial charge in [0.05, 0.1) is 5.75 Å². The van der Waals surface area contributed by atoms with Gasteiger partial charge in [-0.1, -0.05) is 6.08 Å². The quantitative estimate of drug-likeness (QED) is 0.157. The van der Waals surface area contributed by atoms with E-state index in [1.165, 1.54) is 6.08 Å². The van der Waals surface area contributed by atoms with Crippen molar-refractivity contribution >= 4 is 51.2 Å². The Morgan fingerprint density at radius 1 is 0.905 bits per heavy atom. The van der Waals surface area contributed by atoms with Crippen molar-refractivity contribution in [2.24, 2.45) is 0 Å². The van der Waals surface area contributed by atoms with Gasteiger partial charge < -0.3 is 30.1 Å². The predicted octanol–water partition coefficient (Wildman–Crippen LogP) is -3.42. The molecule has 0 aromatic heterocycles. The van der Waals surface area contributed by atoms with E-state index in [9.17, 15) is 21.4 Å². The second-order valence-corrected chi connectivity index (χ2v) is 3.87. The van der Waals surface area contributed by atoms with E-state index >= 15 is 0 Å². The van der Waals surface area contributed by atoms with E-state index in [-0.39, 0.29) is 24.6 Å². The van der Waals surface area contributed by atoms with Gasteiger partial charge in [0, 0.05) is 0 Å². The van der Waals surface area contributed by atoms with Gasteiger partial charge in [-0.25, -0.2) is 0 Å². The molecule has 0 saturated carbocycles. The molecular formula is C4H15B3F3LiO9S. The average Bonchev–Trinajstić information content (AvgIpc) is 2.10. The van der Waals surface area contributed by atoms with Crippen LogP contribution >= 0.6 is 0 Å². The van der Waals surface area contributed by atoms with Crippen LogP contribution in [0.3, 0.4) is 0 Å². The van der Waals surface area contributed by atoms with E-state index in [1.54, 1.807) is 0 Å². The molecule has 7 N–H and O–H groups in total. The van der Waals surface area contributed by atoms with Gasteiger partial charge in [-0.3, -0.25) is 17.5 Å². The van der Waals surface area contributed by atoms with Crippen molar-refractivity contribution in [1.82, 2.24) is 0 Å². The van der Waals surface area contributed by atoms with Crippen LogP contribution in [0.5, 0.6) is 0 Å². The van der Waals surface area contributed by atoms with Gasteiger partial charge in [0.25, 0.3) is 10.1 Å². The average molecular weight is 336 g/mol. The first kappa shape index (κ1) is 32.8. The number of hydrogen-bond donors (Lipinski definition) is 7. The first-order valence-corrected chi connectivity index (χ1v) is 5.93. The maximum atomic E-state index is 10.1. The van der Waals surface area contributed by atoms with Crippen molar-refractivity contribution in [3.63, 3.8) is 0 Å². The molecule has 122 valence electrons. The summed E-state index contributed by atoms with van der Waals surface area (Å²) >= 11 is 0. The monoisotopic (exact) mass is 336 g/mol. The summed E-state index contributed by atoms with van der Waals surface area (Å²) in [6, 6.07) is 0. The van der Waals surface area contributed by atoms with E-state index in [4.69, 9.17) is 34.7 Å². The van der Waals surface area contributed by atoms with Crippen LogP contribution in [0.15, 0.2) is 12.7 Å². The summed E-state index contributed by atoms with van der Waals surface area (Å²) in [4.78, 5) is 0. The van der Waals surface area contributed by atoms with Gasteiger partial charge in [0.1, 0.15) is 0 Å². The Kier molecular flexibility index (Phi) is 34.8. The fraction of sp³-hybridized carbons (Fsp3) is 0.500. The Labute approximate surface area is 132 Å². The van der Waals surface area contributed by atoms with Gasteiger partial charge in [-0.2, -0.15) is 8.42 Å². The van der Waals surface area contributed by atoms with E-state index in [2.05, 4.69) is 6.58 Å². The van der Waals surface area contributed by atoms with E-state index in [0.29, 0.717) is 6.42 Å². The zero-order chi connectivity index (χ0) is 17.4. The molecule has 21 heavy (non-hydrogen) atoms. The van der Waals surface area contributed by atoms with Crippen LogP contribution in [0.25, 0.3) is 0 Å². The molecule has 0 unspecified atom stereocenters. The Morgan fingerprint density at radius 3 is 1.14 bits per heavy atom. The maximum absolute atomic E-state index is 10.1. The molecule has 0 amide bonds. The van der Waals surface area contributed by atoms with E-state index in [0.717, 1.165) is 0 Å². The van der Waals surface area contributed by atoms with Crippen molar-refractivity contribution in [3.8, 4) is 0 Å². The Balaban J connectivity index is -0.0000000570. The first-order valence-electron chi connectivity index (χ1n) is 4.32. The van der Waals surface area contributed by atoms with Crippen LogP contribution in [0.2, 0.25) is 0 Å². The van der Waals surface area contributed by atoms with Crippen LogP contribution in [-0.4, -0.2) is 89.9 Å². The van der Waals surface area contributed by atoms with Crippen molar-refractivity contribution in [3.05, 3.63) is 12.7 Å². The topological polar surface area (TPSA) is 176 Å². The second-order valence-electron chi connectivity index (χ2n) is 2.30. The third-order valence-electron chi connectivity index (χ3n) is 0.580. The predicted molar refractivity (Wildman–Crippen MR) is 72.3 cm³/mol. The Bertz CT molecular complexity index is 271. The third kappa shape index (κ3) is 260. The van der Waals surface area contributed by atoms with Gasteiger partial charge >= 0.3 is 41.0 Å². The van der Waals surface area contributed by atoms with Crippen molar-refractivity contribution in [2.45, 2.75) is 6.42 Å². The molecule has 0 aliphatic rings. The molecule has 17 heteroatoms. The normalized spacial score (nSPS) is 8.10. The zero-order valence-corrected chi connectivity index (χ0v) is 10.7. The molecule has 0 radical (unpaired) electrons. The number of rotatable bonds is 3. The minimum atomic E-state index is -3.76. The molecule has 0 fully saturated rings. The number of hydrogen-bond acceptors (Lipinski definition) is 8. The zero-order valence-electron chi connectivity index (χ0n) is 9.92. The molecule has 0 atom stereocenters. The molecule has 0 aromatic carbocycles. The molecule has 9 nitrogen and oxygen atoms in total. The third-order valence-corrected chi connectivity index (χ3v) is 1.33. The van der Waals surface area contributed by atoms with Gasteiger partial charge in [-0.15, -0.1) is 6.58 Å². The second kappa shape index (κ2) is 22.3. The standard InChI is InChI=1S/C4H8O3S.3BFH2O2.Li.H/c1-2-3-4-8(5,6)7;3*2-1(3)4;;/h2H,1,3-4H2,(H,5,6,7);3*3-4H;;. The van der Waals surface area contributed by atoms with Crippen LogP contribution in [0, 0.1) is 0 Å². The molecule has 0 heterocycles. The summed E-state index contributed by atoms with van der Waals surface area (Å²) in [5.41, 5.74) is 0. The molecule has 0 spiro atoms. The van der Waals surface area contributed by atoms with Gasteiger partial charge in [-0.05, 0) is 6.42 Å². The van der Waals surface area contributed by atoms with Crippen LogP contribution in [-0.2, 0) is 10.1 Å². The fourth-order valence-electron chi connectivity index (χ4n) is 0.232. The molecule has 0 saturated heterocycles. The summed E-state index contributed by atoms with van der Waals surface area (Å²) in [6.07, 6.45) is 1.74. The summed E-state index contributed by atoms with van der Waals surface area (Å²) < 4.78 is 58.2. The van der Waals surface area contributed by atoms with Crippen molar-refractivity contribution in [2.75, 3.05) is 5.75 Å². The van der Waals surface area contributed by atoms with Crippen LogP contribution in [0.4, 0.5) is 12.9 Å². The molecule has 0 rings (SSSR count). The van der Waals surface area contributed by atoms with Crippen LogP contribution in [0.1, 0.15) is 6.42 Å². The molecule has 0 aliphatic heterocycles. The summed E-state index contributed by atoms with van der Waals surface area (Å²) in [7, 11) is -11.8. The minimum absolute atomic E-state index is 0. The van der Waals surface area contributed by atoms with Crippen molar-refractivity contribution < 1.29 is 56.1 Å². The SMILES string of the molecule is C=CCCS(=O)(=O)O.OB(O)F.OB(O)F.OB(O)F.[LiH]. The first-order chi connectivity index (χ1) is 8.76. The summed E-state index contributed by atoms with van der Waals surface area (Å²) in [5.74, 6) is -0.226. The van der Waals surface area contributed by atoms with Crippen LogP contribution < -0.4 is 0 Å². The molecule has 0 aromatic rings. The van der Waals surface area contributed by atoms with Gasteiger partial charge in [0.15, 0.2) is 0 Å². The summed E-state index contributed by atoms with van der Waals surface area (Å²) in [5, 5.41) is 41.7. The fourth-order valence-corrected chi connectivity index (χ4v) is 0.697. The summed E-state index contributed by atoms with van der Waals surface area (Å²) in [6.45, 7) is 3.29. The van der Waals surface area contributed by atoms with Crippen molar-refractivity contribution in [1.29, 1.82) is 0 Å².